The van der Waals surface area contributed by atoms with E-state index < -0.39 is 0 Å². The topological polar surface area (TPSA) is 24.5 Å². The quantitative estimate of drug-likeness (QED) is 0.903. The van der Waals surface area contributed by atoms with Crippen LogP contribution in [0.15, 0.2) is 18.2 Å². The molecule has 3 nitrogen and oxygen atoms in total. The van der Waals surface area contributed by atoms with Crippen molar-refractivity contribution in [3.05, 3.63) is 29.3 Å². The molecule has 0 aromatic heterocycles. The minimum absolute atomic E-state index is 0.466. The number of methoxy groups -OCH3 is 1. The van der Waals surface area contributed by atoms with Crippen molar-refractivity contribution in [3.8, 4) is 5.75 Å². The second-order valence-corrected chi connectivity index (χ2v) is 5.68. The lowest BCUT2D eigenvalue weighted by atomic mass is 9.83. The summed E-state index contributed by atoms with van der Waals surface area (Å²) in [7, 11) is 3.83. The zero-order chi connectivity index (χ0) is 13.2. The van der Waals surface area contributed by atoms with Crippen LogP contribution in [0, 0.1) is 0 Å². The molecule has 104 valence electrons. The third kappa shape index (κ3) is 2.37. The van der Waals surface area contributed by atoms with Crippen LogP contribution < -0.4 is 10.1 Å². The minimum atomic E-state index is 0.466. The van der Waals surface area contributed by atoms with E-state index in [-0.39, 0.29) is 0 Å². The number of rotatable bonds is 3. The minimum Gasteiger partial charge on any atom is -0.497 e. The predicted molar refractivity (Wildman–Crippen MR) is 77.7 cm³/mol. The molecule has 2 unspecified atom stereocenters. The first-order chi connectivity index (χ1) is 9.33. The molecule has 0 radical (unpaired) electrons. The molecule has 1 aromatic carbocycles. The number of nitrogens with one attached hydrogen (secondary N) is 1. The zero-order valence-corrected chi connectivity index (χ0v) is 12.0. The van der Waals surface area contributed by atoms with E-state index in [0.717, 1.165) is 5.75 Å². The largest absolute Gasteiger partial charge is 0.497 e. The van der Waals surface area contributed by atoms with E-state index in [4.69, 9.17) is 4.74 Å². The fraction of sp³-hybridized carbons (Fsp3) is 0.625. The Morgan fingerprint density at radius 3 is 2.74 bits per heavy atom. The summed E-state index contributed by atoms with van der Waals surface area (Å²) in [6.45, 7) is 2.54. The number of benzene rings is 1. The maximum absolute atomic E-state index is 5.34. The van der Waals surface area contributed by atoms with Crippen LogP contribution in [0.5, 0.6) is 5.75 Å². The van der Waals surface area contributed by atoms with E-state index in [1.807, 2.05) is 0 Å². The lowest BCUT2D eigenvalue weighted by Gasteiger charge is -2.39. The van der Waals surface area contributed by atoms with Gasteiger partial charge in [0.25, 0.3) is 0 Å². The third-order valence-electron chi connectivity index (χ3n) is 4.70. The summed E-state index contributed by atoms with van der Waals surface area (Å²) in [5.74, 6) is 0.980. The highest BCUT2D eigenvalue weighted by Crippen LogP contribution is 2.35. The van der Waals surface area contributed by atoms with Crippen molar-refractivity contribution in [1.82, 2.24) is 10.2 Å². The van der Waals surface area contributed by atoms with Gasteiger partial charge in [-0.1, -0.05) is 6.07 Å². The van der Waals surface area contributed by atoms with Crippen molar-refractivity contribution >= 4 is 0 Å². The molecule has 1 aromatic rings. The zero-order valence-electron chi connectivity index (χ0n) is 12.0. The predicted octanol–water partition coefficient (Wildman–Crippen LogP) is 2.37. The summed E-state index contributed by atoms with van der Waals surface area (Å²) < 4.78 is 5.34. The molecular formula is C16H24N2O. The van der Waals surface area contributed by atoms with Crippen molar-refractivity contribution < 1.29 is 4.74 Å². The van der Waals surface area contributed by atoms with E-state index in [1.54, 1.807) is 7.11 Å². The summed E-state index contributed by atoms with van der Waals surface area (Å²) >= 11 is 0. The van der Waals surface area contributed by atoms with Gasteiger partial charge in [-0.3, -0.25) is 4.90 Å². The fourth-order valence-electron chi connectivity index (χ4n) is 3.72. The molecule has 1 aliphatic heterocycles. The van der Waals surface area contributed by atoms with Gasteiger partial charge in [-0.2, -0.15) is 0 Å². The van der Waals surface area contributed by atoms with Gasteiger partial charge in [0.2, 0.25) is 0 Å². The summed E-state index contributed by atoms with van der Waals surface area (Å²) in [5.41, 5.74) is 2.92. The molecule has 3 heteroatoms. The van der Waals surface area contributed by atoms with Gasteiger partial charge < -0.3 is 10.1 Å². The van der Waals surface area contributed by atoms with Crippen molar-refractivity contribution in [2.24, 2.45) is 0 Å². The highest BCUT2D eigenvalue weighted by atomic mass is 16.5. The second-order valence-electron chi connectivity index (χ2n) is 5.68. The third-order valence-corrected chi connectivity index (χ3v) is 4.70. The Bertz CT molecular complexity index is 440. The smallest absolute Gasteiger partial charge is 0.119 e. The van der Waals surface area contributed by atoms with Crippen LogP contribution in [0.3, 0.4) is 0 Å². The average Bonchev–Trinajstić information content (AvgIpc) is 2.99. The monoisotopic (exact) mass is 260 g/mol. The molecule has 19 heavy (non-hydrogen) atoms. The number of likely N-dealkylation sites (tertiary alicyclic amines) is 1. The van der Waals surface area contributed by atoms with Gasteiger partial charge in [0, 0.05) is 12.1 Å². The van der Waals surface area contributed by atoms with Gasteiger partial charge in [0.15, 0.2) is 0 Å². The first-order valence-electron chi connectivity index (χ1n) is 7.41. The number of aryl methyl sites for hydroxylation is 1. The first-order valence-corrected chi connectivity index (χ1v) is 7.41. The highest BCUT2D eigenvalue weighted by Gasteiger charge is 2.33. The van der Waals surface area contributed by atoms with Crippen molar-refractivity contribution in [2.75, 3.05) is 27.2 Å². The van der Waals surface area contributed by atoms with Crippen LogP contribution in [0.4, 0.5) is 0 Å². The van der Waals surface area contributed by atoms with Crippen LogP contribution in [0.25, 0.3) is 0 Å². The van der Waals surface area contributed by atoms with Gasteiger partial charge in [-0.15, -0.1) is 0 Å². The lowest BCUT2D eigenvalue weighted by molar-refractivity contribution is 0.176. The summed E-state index contributed by atoms with van der Waals surface area (Å²) in [6, 6.07) is 7.67. The Kier molecular flexibility index (Phi) is 3.76. The Balaban J connectivity index is 1.88. The SMILES string of the molecule is CNC1c2ccc(OC)cc2CCC1N1CCCC1. The van der Waals surface area contributed by atoms with E-state index in [9.17, 15) is 0 Å². The van der Waals surface area contributed by atoms with E-state index >= 15 is 0 Å². The second kappa shape index (κ2) is 5.51. The molecule has 0 bridgehead atoms. The van der Waals surface area contributed by atoms with Gasteiger partial charge in [-0.25, -0.2) is 0 Å². The highest BCUT2D eigenvalue weighted by molar-refractivity contribution is 5.40. The number of likely N-dealkylation sites (N-methyl/N-ethyl adjacent to an activating group) is 1. The summed E-state index contributed by atoms with van der Waals surface area (Å²) in [4.78, 5) is 2.67. The maximum atomic E-state index is 5.34. The molecule has 1 N–H and O–H groups in total. The van der Waals surface area contributed by atoms with Crippen molar-refractivity contribution in [2.45, 2.75) is 37.8 Å². The number of fused-ring (bicyclic) bond motifs is 1. The molecule has 1 saturated heterocycles. The molecule has 0 spiro atoms. The standard InChI is InChI=1S/C16H24N2O/c1-17-16-14-7-6-13(19-2)11-12(14)5-8-15(16)18-9-3-4-10-18/h6-7,11,15-17H,3-5,8-10H2,1-2H3. The number of hydrogen-bond donors (Lipinski definition) is 1. The van der Waals surface area contributed by atoms with Crippen LogP contribution >= 0.6 is 0 Å². The molecule has 0 saturated carbocycles. The van der Waals surface area contributed by atoms with E-state index in [2.05, 4.69) is 35.5 Å². The normalized spacial score (nSPS) is 27.3. The van der Waals surface area contributed by atoms with Crippen molar-refractivity contribution in [1.29, 1.82) is 0 Å². The van der Waals surface area contributed by atoms with Crippen LogP contribution in [0.1, 0.15) is 36.4 Å². The molecular weight excluding hydrogens is 236 g/mol. The van der Waals surface area contributed by atoms with Crippen molar-refractivity contribution in [3.63, 3.8) is 0 Å². The molecule has 3 rings (SSSR count). The van der Waals surface area contributed by atoms with E-state index in [1.165, 1.54) is 49.9 Å². The first kappa shape index (κ1) is 12.9. The van der Waals surface area contributed by atoms with Crippen LogP contribution in [-0.2, 0) is 6.42 Å². The molecule has 0 amide bonds. The number of nitrogens with zero attached hydrogens (tertiary/aromatic N) is 1. The summed E-state index contributed by atoms with van der Waals surface area (Å²) in [5, 5.41) is 3.54. The Hall–Kier alpha value is -1.06. The Morgan fingerprint density at radius 1 is 1.26 bits per heavy atom. The Labute approximate surface area is 115 Å². The maximum Gasteiger partial charge on any atom is 0.119 e. The number of hydrogen-bond acceptors (Lipinski definition) is 3. The number of ether oxygens (including phenoxy) is 1. The molecule has 2 atom stereocenters. The molecule has 1 aliphatic carbocycles. The Morgan fingerprint density at radius 2 is 2.05 bits per heavy atom. The molecule has 1 fully saturated rings. The van der Waals surface area contributed by atoms with E-state index in [0.29, 0.717) is 12.1 Å². The average molecular weight is 260 g/mol. The molecule has 1 heterocycles. The van der Waals surface area contributed by atoms with Gasteiger partial charge >= 0.3 is 0 Å². The van der Waals surface area contributed by atoms with Crippen LogP contribution in [0.2, 0.25) is 0 Å². The van der Waals surface area contributed by atoms with Gasteiger partial charge in [0.1, 0.15) is 5.75 Å². The lowest BCUT2D eigenvalue weighted by Crippen LogP contribution is -2.45. The van der Waals surface area contributed by atoms with Gasteiger partial charge in [0.05, 0.1) is 7.11 Å². The van der Waals surface area contributed by atoms with Crippen LogP contribution in [-0.4, -0.2) is 38.2 Å². The fourth-order valence-corrected chi connectivity index (χ4v) is 3.72. The summed E-state index contributed by atoms with van der Waals surface area (Å²) in [6.07, 6.45) is 5.16. The van der Waals surface area contributed by atoms with Gasteiger partial charge in [-0.05, 0) is 69.1 Å². The molecule has 2 aliphatic rings.